The Morgan fingerprint density at radius 3 is 1.94 bits per heavy atom. The summed E-state index contributed by atoms with van der Waals surface area (Å²) in [5.74, 6) is -2.54. The second kappa shape index (κ2) is 3.41. The van der Waals surface area contributed by atoms with Crippen molar-refractivity contribution in [1.82, 2.24) is 10.6 Å². The minimum Gasteiger partial charge on any atom is -0.274 e. The molecule has 16 heavy (non-hydrogen) atoms. The quantitative estimate of drug-likeness (QED) is 0.667. The van der Waals surface area contributed by atoms with Crippen molar-refractivity contribution >= 4 is 17.8 Å². The number of nitrogens with one attached hydrogen (secondary N) is 2. The Labute approximate surface area is 89.6 Å². The Morgan fingerprint density at radius 2 is 1.44 bits per heavy atom. The van der Waals surface area contributed by atoms with Gasteiger partial charge in [0, 0.05) is 5.56 Å². The van der Waals surface area contributed by atoms with Crippen LogP contribution in [0.1, 0.15) is 5.56 Å². The van der Waals surface area contributed by atoms with Crippen LogP contribution in [0.3, 0.4) is 0 Å². The Morgan fingerprint density at radius 1 is 0.938 bits per heavy atom. The second-order valence-corrected chi connectivity index (χ2v) is 3.26. The normalized spacial score (nSPS) is 18.9. The molecule has 1 aromatic rings. The molecule has 0 atom stereocenters. The first-order chi connectivity index (χ1) is 7.55. The molecule has 1 aromatic carbocycles. The van der Waals surface area contributed by atoms with Gasteiger partial charge in [0.1, 0.15) is 0 Å². The van der Waals surface area contributed by atoms with Crippen LogP contribution in [-0.2, 0) is 15.3 Å². The first kappa shape index (κ1) is 10.3. The van der Waals surface area contributed by atoms with Gasteiger partial charge < -0.3 is 0 Å². The van der Waals surface area contributed by atoms with Crippen molar-refractivity contribution in [2.45, 2.75) is 5.67 Å². The molecule has 2 rings (SSSR count). The number of hydrogen-bond acceptors (Lipinski definition) is 3. The van der Waals surface area contributed by atoms with E-state index in [9.17, 15) is 18.8 Å². The van der Waals surface area contributed by atoms with Crippen LogP contribution in [0.25, 0.3) is 0 Å². The van der Waals surface area contributed by atoms with E-state index in [1.165, 1.54) is 24.3 Å². The number of carbonyl (C=O) groups is 3. The van der Waals surface area contributed by atoms with E-state index in [0.29, 0.717) is 0 Å². The molecule has 1 aliphatic heterocycles. The van der Waals surface area contributed by atoms with Gasteiger partial charge in [0.05, 0.1) is 0 Å². The Hall–Kier alpha value is -2.24. The summed E-state index contributed by atoms with van der Waals surface area (Å²) in [6.45, 7) is 0. The zero-order chi connectivity index (χ0) is 11.8. The lowest BCUT2D eigenvalue weighted by atomic mass is 9.92. The number of barbiturate groups is 1. The monoisotopic (exact) mass is 222 g/mol. The van der Waals surface area contributed by atoms with Crippen molar-refractivity contribution in [3.63, 3.8) is 0 Å². The highest BCUT2D eigenvalue weighted by atomic mass is 19.1. The predicted molar refractivity (Wildman–Crippen MR) is 50.9 cm³/mol. The van der Waals surface area contributed by atoms with E-state index in [1.54, 1.807) is 16.7 Å². The molecule has 1 fully saturated rings. The molecule has 0 radical (unpaired) electrons. The molecule has 4 amide bonds. The fraction of sp³-hybridized carbons (Fsp3) is 0.100. The van der Waals surface area contributed by atoms with Crippen LogP contribution in [0.2, 0.25) is 0 Å². The SMILES string of the molecule is O=C1NC(=O)C(F)(c2ccccc2)C(=O)N1. The van der Waals surface area contributed by atoms with E-state index >= 15 is 0 Å². The fourth-order valence-electron chi connectivity index (χ4n) is 1.44. The molecule has 0 saturated carbocycles. The highest BCUT2D eigenvalue weighted by Crippen LogP contribution is 2.28. The Bertz CT molecular complexity index is 452. The van der Waals surface area contributed by atoms with Gasteiger partial charge in [-0.25, -0.2) is 9.18 Å². The van der Waals surface area contributed by atoms with Crippen LogP contribution >= 0.6 is 0 Å². The first-order valence-corrected chi connectivity index (χ1v) is 4.46. The van der Waals surface area contributed by atoms with Crippen LogP contribution in [0.4, 0.5) is 9.18 Å². The van der Waals surface area contributed by atoms with Gasteiger partial charge in [-0.1, -0.05) is 30.3 Å². The minimum absolute atomic E-state index is 0.113. The van der Waals surface area contributed by atoms with Crippen molar-refractivity contribution in [1.29, 1.82) is 0 Å². The van der Waals surface area contributed by atoms with Crippen LogP contribution in [0, 0.1) is 0 Å². The number of amides is 4. The van der Waals surface area contributed by atoms with Gasteiger partial charge in [0.25, 0.3) is 17.5 Å². The van der Waals surface area contributed by atoms with E-state index in [0.717, 1.165) is 0 Å². The summed E-state index contributed by atoms with van der Waals surface area (Å²) in [7, 11) is 0. The molecule has 1 aliphatic rings. The smallest absolute Gasteiger partial charge is 0.274 e. The van der Waals surface area contributed by atoms with Gasteiger partial charge in [-0.05, 0) is 0 Å². The summed E-state index contributed by atoms with van der Waals surface area (Å²) < 4.78 is 14.3. The molecule has 1 heterocycles. The van der Waals surface area contributed by atoms with E-state index in [4.69, 9.17) is 0 Å². The van der Waals surface area contributed by atoms with E-state index < -0.39 is 23.5 Å². The van der Waals surface area contributed by atoms with Crippen LogP contribution in [0.15, 0.2) is 30.3 Å². The summed E-state index contributed by atoms with van der Waals surface area (Å²) in [4.78, 5) is 33.5. The van der Waals surface area contributed by atoms with Gasteiger partial charge in [-0.2, -0.15) is 0 Å². The molecule has 2 N–H and O–H groups in total. The van der Waals surface area contributed by atoms with E-state index in [2.05, 4.69) is 0 Å². The standard InChI is InChI=1S/C10H7FN2O3/c11-10(6-4-2-1-3-5-6)7(14)12-9(16)13-8(10)15/h1-5H,(H2,12,13,14,15,16). The fourth-order valence-corrected chi connectivity index (χ4v) is 1.44. The third kappa shape index (κ3) is 1.35. The molecule has 0 unspecified atom stereocenters. The third-order valence-corrected chi connectivity index (χ3v) is 2.25. The minimum atomic E-state index is -2.85. The summed E-state index contributed by atoms with van der Waals surface area (Å²) in [6.07, 6.45) is 0. The van der Waals surface area contributed by atoms with Crippen molar-refractivity contribution in [2.75, 3.05) is 0 Å². The Kier molecular flexibility index (Phi) is 2.19. The molecule has 6 heteroatoms. The average molecular weight is 222 g/mol. The van der Waals surface area contributed by atoms with Gasteiger partial charge in [0.15, 0.2) is 0 Å². The molecule has 0 aliphatic carbocycles. The number of rotatable bonds is 1. The van der Waals surface area contributed by atoms with Crippen molar-refractivity contribution in [3.05, 3.63) is 35.9 Å². The zero-order valence-corrected chi connectivity index (χ0v) is 7.99. The highest BCUT2D eigenvalue weighted by Gasteiger charge is 2.52. The molecule has 1 saturated heterocycles. The lowest BCUT2D eigenvalue weighted by Crippen LogP contribution is -2.62. The number of urea groups is 1. The molecular weight excluding hydrogens is 215 g/mol. The maximum atomic E-state index is 14.3. The average Bonchev–Trinajstić information content (AvgIpc) is 2.27. The maximum absolute atomic E-state index is 14.3. The van der Waals surface area contributed by atoms with Crippen LogP contribution in [0.5, 0.6) is 0 Å². The van der Waals surface area contributed by atoms with Crippen molar-refractivity contribution in [3.8, 4) is 0 Å². The number of benzene rings is 1. The molecular formula is C10H7FN2O3. The van der Waals surface area contributed by atoms with Gasteiger partial charge in [0.2, 0.25) is 0 Å². The van der Waals surface area contributed by atoms with Gasteiger partial charge in [-0.15, -0.1) is 0 Å². The van der Waals surface area contributed by atoms with Crippen LogP contribution in [-0.4, -0.2) is 17.8 Å². The highest BCUT2D eigenvalue weighted by molar-refractivity contribution is 6.21. The number of carbonyl (C=O) groups excluding carboxylic acids is 3. The second-order valence-electron chi connectivity index (χ2n) is 3.26. The van der Waals surface area contributed by atoms with E-state index in [-0.39, 0.29) is 5.56 Å². The third-order valence-electron chi connectivity index (χ3n) is 2.25. The first-order valence-electron chi connectivity index (χ1n) is 4.46. The predicted octanol–water partition coefficient (Wildman–Crippen LogP) is 0.217. The summed E-state index contributed by atoms with van der Waals surface area (Å²) in [5, 5.41) is 3.43. The molecule has 0 spiro atoms. The molecule has 82 valence electrons. The van der Waals surface area contributed by atoms with Gasteiger partial charge in [-0.3, -0.25) is 20.2 Å². The zero-order valence-electron chi connectivity index (χ0n) is 7.99. The number of hydrogen-bond donors (Lipinski definition) is 2. The maximum Gasteiger partial charge on any atom is 0.328 e. The van der Waals surface area contributed by atoms with Gasteiger partial charge >= 0.3 is 6.03 Å². The molecule has 5 nitrogen and oxygen atoms in total. The van der Waals surface area contributed by atoms with E-state index in [1.807, 2.05) is 0 Å². The summed E-state index contributed by atoms with van der Waals surface area (Å²) >= 11 is 0. The largest absolute Gasteiger partial charge is 0.328 e. The van der Waals surface area contributed by atoms with Crippen LogP contribution < -0.4 is 10.6 Å². The number of halogens is 1. The molecule has 0 aromatic heterocycles. The number of alkyl halides is 1. The number of imide groups is 2. The summed E-state index contributed by atoms with van der Waals surface area (Å²) in [6, 6.07) is 6.20. The van der Waals surface area contributed by atoms with Crippen molar-refractivity contribution < 1.29 is 18.8 Å². The van der Waals surface area contributed by atoms with Crippen molar-refractivity contribution in [2.24, 2.45) is 0 Å². The molecule has 0 bridgehead atoms. The summed E-state index contributed by atoms with van der Waals surface area (Å²) in [5.41, 5.74) is -2.97. The topological polar surface area (TPSA) is 75.3 Å². The Balaban J connectivity index is 2.48. The lowest BCUT2D eigenvalue weighted by Gasteiger charge is -2.26. The lowest BCUT2D eigenvalue weighted by molar-refractivity contribution is -0.147.